The zero-order chi connectivity index (χ0) is 16.8. The molecule has 1 heterocycles. The molecule has 0 atom stereocenters. The molecule has 2 aromatic carbocycles. The standard InChI is InChI=1S/C18H20N4O2/c1-24-14-8-6-13(7-9-14)12-20-17-15-4-2-3-5-16(15)21-18(22-17)19-10-11-23/h2-9,23H,10-12H2,1H3,(H2,19,20,21,22). The van der Waals surface area contributed by atoms with E-state index in [0.717, 1.165) is 28.0 Å². The Kier molecular flexibility index (Phi) is 5.08. The molecule has 6 heteroatoms. The number of hydrogen-bond donors (Lipinski definition) is 3. The fraction of sp³-hybridized carbons (Fsp3) is 0.222. The number of para-hydroxylation sites is 1. The van der Waals surface area contributed by atoms with Gasteiger partial charge in [0, 0.05) is 18.5 Å². The van der Waals surface area contributed by atoms with Gasteiger partial charge in [-0.15, -0.1) is 0 Å². The van der Waals surface area contributed by atoms with Gasteiger partial charge >= 0.3 is 0 Å². The first kappa shape index (κ1) is 16.0. The van der Waals surface area contributed by atoms with Crippen LogP contribution in [0.1, 0.15) is 5.56 Å². The van der Waals surface area contributed by atoms with Gasteiger partial charge in [-0.3, -0.25) is 0 Å². The molecular formula is C18H20N4O2. The molecule has 0 spiro atoms. The molecule has 124 valence electrons. The van der Waals surface area contributed by atoms with E-state index in [9.17, 15) is 0 Å². The van der Waals surface area contributed by atoms with Gasteiger partial charge in [0.25, 0.3) is 0 Å². The number of aromatic nitrogens is 2. The van der Waals surface area contributed by atoms with Crippen molar-refractivity contribution in [2.75, 3.05) is 30.9 Å². The summed E-state index contributed by atoms with van der Waals surface area (Å²) in [7, 11) is 1.65. The number of ether oxygens (including phenoxy) is 1. The smallest absolute Gasteiger partial charge is 0.225 e. The van der Waals surface area contributed by atoms with Gasteiger partial charge in [0.05, 0.1) is 19.2 Å². The number of rotatable bonds is 7. The topological polar surface area (TPSA) is 79.3 Å². The molecule has 1 aromatic heterocycles. The maximum absolute atomic E-state index is 8.96. The molecule has 3 aromatic rings. The van der Waals surface area contributed by atoms with E-state index in [1.807, 2.05) is 48.5 Å². The van der Waals surface area contributed by atoms with Crippen LogP contribution in [-0.2, 0) is 6.54 Å². The number of methoxy groups -OCH3 is 1. The highest BCUT2D eigenvalue weighted by molar-refractivity contribution is 5.90. The summed E-state index contributed by atoms with van der Waals surface area (Å²) in [5, 5.41) is 16.3. The zero-order valence-corrected chi connectivity index (χ0v) is 13.5. The van der Waals surface area contributed by atoms with Crippen LogP contribution < -0.4 is 15.4 Å². The number of aliphatic hydroxyl groups is 1. The van der Waals surface area contributed by atoms with Crippen LogP contribution in [0, 0.1) is 0 Å². The summed E-state index contributed by atoms with van der Waals surface area (Å²) in [5.74, 6) is 2.10. The summed E-state index contributed by atoms with van der Waals surface area (Å²) in [6, 6.07) is 15.7. The van der Waals surface area contributed by atoms with E-state index >= 15 is 0 Å². The van der Waals surface area contributed by atoms with Crippen LogP contribution in [0.2, 0.25) is 0 Å². The molecule has 0 amide bonds. The summed E-state index contributed by atoms with van der Waals surface area (Å²) in [6.45, 7) is 1.09. The van der Waals surface area contributed by atoms with Crippen molar-refractivity contribution in [3.05, 3.63) is 54.1 Å². The monoisotopic (exact) mass is 324 g/mol. The van der Waals surface area contributed by atoms with Crippen LogP contribution in [0.25, 0.3) is 10.9 Å². The molecule has 3 rings (SSSR count). The number of aliphatic hydroxyl groups excluding tert-OH is 1. The Bertz CT molecular complexity index is 806. The number of fused-ring (bicyclic) bond motifs is 1. The highest BCUT2D eigenvalue weighted by Crippen LogP contribution is 2.22. The fourth-order valence-electron chi connectivity index (χ4n) is 2.39. The van der Waals surface area contributed by atoms with Crippen LogP contribution in [0.3, 0.4) is 0 Å². The zero-order valence-electron chi connectivity index (χ0n) is 13.5. The summed E-state index contributed by atoms with van der Waals surface area (Å²) in [6.07, 6.45) is 0. The number of nitrogens with zero attached hydrogens (tertiary/aromatic N) is 2. The molecular weight excluding hydrogens is 304 g/mol. The summed E-state index contributed by atoms with van der Waals surface area (Å²) >= 11 is 0. The number of hydrogen-bond acceptors (Lipinski definition) is 6. The minimum atomic E-state index is 0.0325. The maximum Gasteiger partial charge on any atom is 0.225 e. The molecule has 0 radical (unpaired) electrons. The molecule has 0 fully saturated rings. The van der Waals surface area contributed by atoms with Crippen molar-refractivity contribution in [2.24, 2.45) is 0 Å². The fourth-order valence-corrected chi connectivity index (χ4v) is 2.39. The van der Waals surface area contributed by atoms with Gasteiger partial charge in [0.15, 0.2) is 0 Å². The molecule has 0 unspecified atom stereocenters. The van der Waals surface area contributed by atoms with Crippen molar-refractivity contribution >= 4 is 22.7 Å². The van der Waals surface area contributed by atoms with Crippen molar-refractivity contribution in [3.63, 3.8) is 0 Å². The van der Waals surface area contributed by atoms with Crippen molar-refractivity contribution in [1.29, 1.82) is 0 Å². The van der Waals surface area contributed by atoms with Crippen molar-refractivity contribution in [1.82, 2.24) is 9.97 Å². The van der Waals surface area contributed by atoms with Crippen LogP contribution in [0.4, 0.5) is 11.8 Å². The van der Waals surface area contributed by atoms with E-state index in [0.29, 0.717) is 19.0 Å². The van der Waals surface area contributed by atoms with E-state index in [2.05, 4.69) is 20.6 Å². The molecule has 0 aliphatic carbocycles. The van der Waals surface area contributed by atoms with Crippen LogP contribution in [0.5, 0.6) is 5.75 Å². The first-order valence-corrected chi connectivity index (χ1v) is 7.78. The average Bonchev–Trinajstić information content (AvgIpc) is 2.64. The van der Waals surface area contributed by atoms with Crippen molar-refractivity contribution in [2.45, 2.75) is 6.54 Å². The SMILES string of the molecule is COc1ccc(CNc2nc(NCCO)nc3ccccc23)cc1. The molecule has 24 heavy (non-hydrogen) atoms. The lowest BCUT2D eigenvalue weighted by Crippen LogP contribution is -2.11. The largest absolute Gasteiger partial charge is 0.497 e. The third kappa shape index (κ3) is 3.72. The first-order valence-electron chi connectivity index (χ1n) is 7.78. The number of benzene rings is 2. The summed E-state index contributed by atoms with van der Waals surface area (Å²) in [5.41, 5.74) is 1.98. The van der Waals surface area contributed by atoms with Gasteiger partial charge in [-0.05, 0) is 29.8 Å². The predicted octanol–water partition coefficient (Wildman–Crippen LogP) is 2.65. The molecule has 0 aliphatic rings. The van der Waals surface area contributed by atoms with Gasteiger partial charge in [0.1, 0.15) is 11.6 Å². The summed E-state index contributed by atoms with van der Waals surface area (Å²) in [4.78, 5) is 8.98. The number of nitrogens with one attached hydrogen (secondary N) is 2. The molecule has 0 saturated carbocycles. The van der Waals surface area contributed by atoms with E-state index < -0.39 is 0 Å². The first-order chi connectivity index (χ1) is 11.8. The minimum Gasteiger partial charge on any atom is -0.497 e. The maximum atomic E-state index is 8.96. The van der Waals surface area contributed by atoms with Crippen molar-refractivity contribution in [3.8, 4) is 5.75 Å². The predicted molar refractivity (Wildman–Crippen MR) is 95.4 cm³/mol. The lowest BCUT2D eigenvalue weighted by Gasteiger charge is -2.12. The molecule has 3 N–H and O–H groups in total. The Morgan fingerprint density at radius 3 is 2.54 bits per heavy atom. The quantitative estimate of drug-likeness (QED) is 0.620. The van der Waals surface area contributed by atoms with E-state index in [4.69, 9.17) is 9.84 Å². The second kappa shape index (κ2) is 7.61. The Morgan fingerprint density at radius 1 is 1.00 bits per heavy atom. The van der Waals surface area contributed by atoms with Crippen molar-refractivity contribution < 1.29 is 9.84 Å². The van der Waals surface area contributed by atoms with Gasteiger partial charge in [-0.2, -0.15) is 4.98 Å². The Labute approximate surface area is 140 Å². The third-order valence-electron chi connectivity index (χ3n) is 3.62. The van der Waals surface area contributed by atoms with Crippen LogP contribution >= 0.6 is 0 Å². The van der Waals surface area contributed by atoms with Gasteiger partial charge < -0.3 is 20.5 Å². The Hall–Kier alpha value is -2.86. The lowest BCUT2D eigenvalue weighted by molar-refractivity contribution is 0.311. The second-order valence-corrected chi connectivity index (χ2v) is 5.26. The Morgan fingerprint density at radius 2 is 1.79 bits per heavy atom. The normalized spacial score (nSPS) is 10.6. The average molecular weight is 324 g/mol. The highest BCUT2D eigenvalue weighted by Gasteiger charge is 2.07. The van der Waals surface area contributed by atoms with Crippen LogP contribution in [0.15, 0.2) is 48.5 Å². The molecule has 0 bridgehead atoms. The van der Waals surface area contributed by atoms with Crippen LogP contribution in [-0.4, -0.2) is 35.3 Å². The Balaban J connectivity index is 1.83. The number of anilines is 2. The summed E-state index contributed by atoms with van der Waals surface area (Å²) < 4.78 is 5.17. The third-order valence-corrected chi connectivity index (χ3v) is 3.62. The van der Waals surface area contributed by atoms with E-state index in [-0.39, 0.29) is 6.61 Å². The van der Waals surface area contributed by atoms with Gasteiger partial charge in [0.2, 0.25) is 5.95 Å². The van der Waals surface area contributed by atoms with E-state index in [1.54, 1.807) is 7.11 Å². The molecule has 0 aliphatic heterocycles. The second-order valence-electron chi connectivity index (χ2n) is 5.26. The highest BCUT2D eigenvalue weighted by atomic mass is 16.5. The lowest BCUT2D eigenvalue weighted by atomic mass is 10.2. The van der Waals surface area contributed by atoms with E-state index in [1.165, 1.54) is 0 Å². The minimum absolute atomic E-state index is 0.0325. The van der Waals surface area contributed by atoms with Gasteiger partial charge in [-0.25, -0.2) is 4.98 Å². The molecule has 6 nitrogen and oxygen atoms in total. The molecule has 0 saturated heterocycles. The van der Waals surface area contributed by atoms with Gasteiger partial charge in [-0.1, -0.05) is 24.3 Å².